The van der Waals surface area contributed by atoms with Crippen LogP contribution in [-0.2, 0) is 0 Å². The van der Waals surface area contributed by atoms with E-state index >= 15 is 0 Å². The molecule has 0 aromatic heterocycles. The smallest absolute Gasteiger partial charge is 0.200 e. The Morgan fingerprint density at radius 2 is 1.06 bits per heavy atom. The summed E-state index contributed by atoms with van der Waals surface area (Å²) in [6.45, 7) is 7.00. The second-order valence-corrected chi connectivity index (χ2v) is 3.29. The van der Waals surface area contributed by atoms with Gasteiger partial charge in [0, 0.05) is 5.56 Å². The Bertz CT molecular complexity index is 358. The number of benzene rings is 1. The van der Waals surface area contributed by atoms with E-state index in [4.69, 9.17) is 0 Å². The lowest BCUT2D eigenvalue weighted by molar-refractivity contribution is 0.364. The van der Waals surface area contributed by atoms with E-state index in [2.05, 4.69) is 0 Å². The molecule has 0 saturated carbocycles. The number of hydrogen-bond donors (Lipinski definition) is 0. The van der Waals surface area contributed by atoms with Crippen molar-refractivity contribution < 1.29 is 22.0 Å². The highest BCUT2D eigenvalue weighted by Gasteiger charge is 2.27. The van der Waals surface area contributed by atoms with Crippen LogP contribution in [0.2, 0.25) is 0 Å². The van der Waals surface area contributed by atoms with Gasteiger partial charge in [-0.1, -0.05) is 27.7 Å². The molecule has 1 rings (SSSR count). The van der Waals surface area contributed by atoms with Gasteiger partial charge in [-0.05, 0) is 12.3 Å². The van der Waals surface area contributed by atoms with Crippen molar-refractivity contribution in [2.45, 2.75) is 40.0 Å². The maximum atomic E-state index is 13.1. The molecule has 0 bridgehead atoms. The lowest BCUT2D eigenvalue weighted by Gasteiger charge is -2.12. The second-order valence-electron chi connectivity index (χ2n) is 3.29. The van der Waals surface area contributed by atoms with E-state index in [0.29, 0.717) is 6.42 Å². The minimum absolute atomic E-state index is 0.290. The average Bonchev–Trinajstić information content (AvgIpc) is 2.36. The topological polar surface area (TPSA) is 0 Å². The lowest BCUT2D eigenvalue weighted by Crippen LogP contribution is -2.09. The third-order valence-electron chi connectivity index (χ3n) is 2.35. The highest BCUT2D eigenvalue weighted by molar-refractivity contribution is 5.26. The Kier molecular flexibility index (Phi) is 6.13. The summed E-state index contributed by atoms with van der Waals surface area (Å²) in [5, 5.41) is 0. The maximum absolute atomic E-state index is 13.1. The normalized spacial score (nSPS) is 11.8. The predicted molar refractivity (Wildman–Crippen MR) is 56.3 cm³/mol. The molecular formula is C12H15F5. The first-order chi connectivity index (χ1) is 7.91. The van der Waals surface area contributed by atoms with Crippen LogP contribution in [0.5, 0.6) is 0 Å². The van der Waals surface area contributed by atoms with Gasteiger partial charge in [-0.15, -0.1) is 0 Å². The molecular weight excluding hydrogens is 239 g/mol. The summed E-state index contributed by atoms with van der Waals surface area (Å²) in [5.41, 5.74) is -0.742. The quantitative estimate of drug-likeness (QED) is 0.399. The van der Waals surface area contributed by atoms with Gasteiger partial charge in [0.25, 0.3) is 0 Å². The van der Waals surface area contributed by atoms with E-state index < -0.39 is 40.6 Å². The van der Waals surface area contributed by atoms with Crippen LogP contribution in [-0.4, -0.2) is 0 Å². The molecule has 5 heteroatoms. The molecule has 17 heavy (non-hydrogen) atoms. The second kappa shape index (κ2) is 6.57. The Hall–Kier alpha value is -1.13. The van der Waals surface area contributed by atoms with Crippen LogP contribution >= 0.6 is 0 Å². The highest BCUT2D eigenvalue weighted by Crippen LogP contribution is 2.29. The molecule has 0 fully saturated rings. The molecule has 0 aliphatic heterocycles. The van der Waals surface area contributed by atoms with E-state index in [0.717, 1.165) is 0 Å². The minimum atomic E-state index is -2.11. The third kappa shape index (κ3) is 2.96. The zero-order chi connectivity index (χ0) is 13.7. The molecule has 1 atom stereocenters. The standard InChI is InChI=1S/C10H9F5.C2H6/c1-3-4(2)5-6(11)8(13)10(15)9(14)7(5)12;1-2/h4H,3H2,1-2H3;1-2H3. The fraction of sp³-hybridized carbons (Fsp3) is 0.500. The first-order valence-electron chi connectivity index (χ1n) is 5.43. The molecule has 0 aliphatic carbocycles. The van der Waals surface area contributed by atoms with Gasteiger partial charge >= 0.3 is 0 Å². The van der Waals surface area contributed by atoms with Gasteiger partial charge in [0.1, 0.15) is 0 Å². The van der Waals surface area contributed by atoms with Crippen molar-refractivity contribution in [3.8, 4) is 0 Å². The molecule has 0 aliphatic rings. The molecule has 98 valence electrons. The first kappa shape index (κ1) is 15.9. The summed E-state index contributed by atoms with van der Waals surface area (Å²) in [7, 11) is 0. The largest absolute Gasteiger partial charge is 0.203 e. The van der Waals surface area contributed by atoms with E-state index in [1.54, 1.807) is 6.92 Å². The summed E-state index contributed by atoms with van der Waals surface area (Å²) >= 11 is 0. The van der Waals surface area contributed by atoms with Gasteiger partial charge in [-0.25, -0.2) is 22.0 Å². The van der Waals surface area contributed by atoms with Crippen LogP contribution < -0.4 is 0 Å². The first-order valence-corrected chi connectivity index (χ1v) is 5.43. The van der Waals surface area contributed by atoms with Crippen molar-refractivity contribution in [1.82, 2.24) is 0 Å². The minimum Gasteiger partial charge on any atom is -0.203 e. The van der Waals surface area contributed by atoms with Gasteiger partial charge < -0.3 is 0 Å². The van der Waals surface area contributed by atoms with Crippen LogP contribution in [0.25, 0.3) is 0 Å². The fourth-order valence-corrected chi connectivity index (χ4v) is 1.26. The van der Waals surface area contributed by atoms with Crippen LogP contribution in [0.4, 0.5) is 22.0 Å². The van der Waals surface area contributed by atoms with Crippen molar-refractivity contribution in [1.29, 1.82) is 0 Å². The van der Waals surface area contributed by atoms with Crippen molar-refractivity contribution in [3.05, 3.63) is 34.6 Å². The Morgan fingerprint density at radius 1 is 0.765 bits per heavy atom. The van der Waals surface area contributed by atoms with Gasteiger partial charge in [-0.3, -0.25) is 0 Å². The molecule has 0 amide bonds. The van der Waals surface area contributed by atoms with Crippen LogP contribution in [0, 0.1) is 29.1 Å². The van der Waals surface area contributed by atoms with Gasteiger partial charge in [0.05, 0.1) is 0 Å². The average molecular weight is 254 g/mol. The molecule has 0 heterocycles. The van der Waals surface area contributed by atoms with E-state index in [1.807, 2.05) is 13.8 Å². The summed E-state index contributed by atoms with van der Waals surface area (Å²) < 4.78 is 64.4. The molecule has 1 aromatic carbocycles. The van der Waals surface area contributed by atoms with Gasteiger partial charge in [0.2, 0.25) is 5.82 Å². The van der Waals surface area contributed by atoms with Crippen molar-refractivity contribution >= 4 is 0 Å². The molecule has 0 nitrogen and oxygen atoms in total. The Balaban J connectivity index is 0.00000121. The van der Waals surface area contributed by atoms with Crippen molar-refractivity contribution in [2.75, 3.05) is 0 Å². The zero-order valence-corrected chi connectivity index (χ0v) is 10.2. The third-order valence-corrected chi connectivity index (χ3v) is 2.35. The van der Waals surface area contributed by atoms with Crippen LogP contribution in [0.1, 0.15) is 45.6 Å². The Labute approximate surface area is 97.5 Å². The SMILES string of the molecule is CC.CCC(C)c1c(F)c(F)c(F)c(F)c1F. The van der Waals surface area contributed by atoms with Crippen LogP contribution in [0.15, 0.2) is 0 Å². The molecule has 0 spiro atoms. The lowest BCUT2D eigenvalue weighted by atomic mass is 9.97. The summed E-state index contributed by atoms with van der Waals surface area (Å²) in [4.78, 5) is 0. The van der Waals surface area contributed by atoms with Crippen LogP contribution in [0.3, 0.4) is 0 Å². The molecule has 1 unspecified atom stereocenters. The van der Waals surface area contributed by atoms with Gasteiger partial charge in [0.15, 0.2) is 23.3 Å². The van der Waals surface area contributed by atoms with Crippen molar-refractivity contribution in [3.63, 3.8) is 0 Å². The number of hydrogen-bond acceptors (Lipinski definition) is 0. The maximum Gasteiger partial charge on any atom is 0.200 e. The molecule has 0 radical (unpaired) electrons. The molecule has 0 N–H and O–H groups in total. The predicted octanol–water partition coefficient (Wildman–Crippen LogP) is 4.92. The summed E-state index contributed by atoms with van der Waals surface area (Å²) in [5.74, 6) is -10.1. The van der Waals surface area contributed by atoms with E-state index in [9.17, 15) is 22.0 Å². The van der Waals surface area contributed by atoms with Crippen molar-refractivity contribution in [2.24, 2.45) is 0 Å². The molecule has 0 saturated heterocycles. The molecule has 1 aromatic rings. The Morgan fingerprint density at radius 3 is 1.35 bits per heavy atom. The highest BCUT2D eigenvalue weighted by atomic mass is 19.2. The summed E-state index contributed by atoms with van der Waals surface area (Å²) in [6.07, 6.45) is 0.290. The monoisotopic (exact) mass is 254 g/mol. The zero-order valence-electron chi connectivity index (χ0n) is 10.2. The van der Waals surface area contributed by atoms with E-state index in [1.165, 1.54) is 6.92 Å². The summed E-state index contributed by atoms with van der Waals surface area (Å²) in [6, 6.07) is 0. The number of halogens is 5. The fourth-order valence-electron chi connectivity index (χ4n) is 1.26. The number of rotatable bonds is 2. The van der Waals surface area contributed by atoms with Gasteiger partial charge in [-0.2, -0.15) is 0 Å². The van der Waals surface area contributed by atoms with E-state index in [-0.39, 0.29) is 0 Å².